The van der Waals surface area contributed by atoms with Crippen LogP contribution in [0.5, 0.6) is 17.2 Å². The van der Waals surface area contributed by atoms with Crippen molar-refractivity contribution in [3.63, 3.8) is 0 Å². The first-order valence-electron chi connectivity index (χ1n) is 9.07. The van der Waals surface area contributed by atoms with Gasteiger partial charge in [-0.15, -0.1) is 0 Å². The lowest BCUT2D eigenvalue weighted by atomic mass is 9.96. The van der Waals surface area contributed by atoms with Crippen LogP contribution in [0.15, 0.2) is 54.6 Å². The number of fused-ring (bicyclic) bond motifs is 1. The molecule has 0 fully saturated rings. The normalized spacial score (nSPS) is 11.8. The number of nitrogens with zero attached hydrogens (tertiary/aromatic N) is 1. The Kier molecular flexibility index (Phi) is 5.73. The second kappa shape index (κ2) is 8.21. The van der Waals surface area contributed by atoms with E-state index in [1.54, 1.807) is 35.2 Å². The van der Waals surface area contributed by atoms with Crippen LogP contribution in [0.3, 0.4) is 0 Å². The molecule has 3 rings (SSSR count). The van der Waals surface area contributed by atoms with E-state index in [1.807, 2.05) is 48.5 Å². The van der Waals surface area contributed by atoms with E-state index in [0.717, 1.165) is 21.9 Å². The molecule has 5 heteroatoms. The van der Waals surface area contributed by atoms with Gasteiger partial charge in [-0.05, 0) is 41.5 Å². The Balaban J connectivity index is 2.20. The van der Waals surface area contributed by atoms with Crippen LogP contribution in [0.2, 0.25) is 0 Å². The largest absolute Gasteiger partial charge is 0.497 e. The minimum absolute atomic E-state index is 0.0951. The van der Waals surface area contributed by atoms with Crippen molar-refractivity contribution in [2.24, 2.45) is 0 Å². The van der Waals surface area contributed by atoms with Crippen molar-refractivity contribution < 1.29 is 19.0 Å². The van der Waals surface area contributed by atoms with Gasteiger partial charge < -0.3 is 19.1 Å². The van der Waals surface area contributed by atoms with E-state index in [9.17, 15) is 4.79 Å². The van der Waals surface area contributed by atoms with Crippen LogP contribution in [0.4, 0.5) is 0 Å². The lowest BCUT2D eigenvalue weighted by Crippen LogP contribution is -2.35. The van der Waals surface area contributed by atoms with Gasteiger partial charge in [-0.1, -0.05) is 30.3 Å². The number of amides is 1. The Hall–Kier alpha value is -3.21. The minimum Gasteiger partial charge on any atom is -0.497 e. The van der Waals surface area contributed by atoms with Gasteiger partial charge in [0.25, 0.3) is 5.91 Å². The number of likely N-dealkylation sites (N-methyl/N-ethyl adjacent to an activating group) is 1. The molecule has 0 aliphatic rings. The topological polar surface area (TPSA) is 48.0 Å². The van der Waals surface area contributed by atoms with Gasteiger partial charge in [0, 0.05) is 25.7 Å². The van der Waals surface area contributed by atoms with Gasteiger partial charge in [-0.3, -0.25) is 4.79 Å². The maximum absolute atomic E-state index is 12.3. The molecular formula is C23H25NO4. The number of hydrogen-bond donors (Lipinski definition) is 0. The fourth-order valence-electron chi connectivity index (χ4n) is 3.20. The number of benzene rings is 3. The molecule has 5 nitrogen and oxygen atoms in total. The van der Waals surface area contributed by atoms with Crippen molar-refractivity contribution in [3.05, 3.63) is 54.6 Å². The third-order valence-electron chi connectivity index (χ3n) is 4.62. The molecule has 0 saturated carbocycles. The zero-order valence-corrected chi connectivity index (χ0v) is 16.9. The Bertz CT molecular complexity index is 975. The molecule has 0 heterocycles. The molecule has 1 unspecified atom stereocenters. The van der Waals surface area contributed by atoms with Gasteiger partial charge in [0.1, 0.15) is 17.2 Å². The third kappa shape index (κ3) is 3.88. The van der Waals surface area contributed by atoms with E-state index in [1.165, 1.54) is 4.90 Å². The van der Waals surface area contributed by atoms with Gasteiger partial charge >= 0.3 is 0 Å². The molecule has 0 aliphatic heterocycles. The average Bonchev–Trinajstić information content (AvgIpc) is 2.72. The van der Waals surface area contributed by atoms with Gasteiger partial charge in [-0.25, -0.2) is 0 Å². The van der Waals surface area contributed by atoms with Crippen LogP contribution in [-0.4, -0.2) is 45.2 Å². The quantitative estimate of drug-likeness (QED) is 0.638. The Morgan fingerprint density at radius 3 is 2.18 bits per heavy atom. The van der Waals surface area contributed by atoms with Gasteiger partial charge in [-0.2, -0.15) is 0 Å². The van der Waals surface area contributed by atoms with Crippen molar-refractivity contribution in [1.82, 2.24) is 4.90 Å². The summed E-state index contributed by atoms with van der Waals surface area (Å²) in [7, 11) is 6.68. The molecule has 3 aromatic rings. The van der Waals surface area contributed by atoms with Crippen LogP contribution in [0.25, 0.3) is 21.9 Å². The summed E-state index contributed by atoms with van der Waals surface area (Å²) in [5, 5.41) is 2.11. The molecule has 28 heavy (non-hydrogen) atoms. The van der Waals surface area contributed by atoms with Gasteiger partial charge in [0.15, 0.2) is 6.10 Å². The van der Waals surface area contributed by atoms with Crippen molar-refractivity contribution in [3.8, 4) is 28.4 Å². The molecule has 3 aromatic carbocycles. The van der Waals surface area contributed by atoms with Crippen molar-refractivity contribution in [2.45, 2.75) is 13.0 Å². The first-order chi connectivity index (χ1) is 13.4. The standard InChI is InChI=1S/C23H25NO4/c1-15(23(25)24(2)3)28-21-11-10-16-8-6-7-9-20(16)22(21)17-12-18(26-4)14-19(13-17)27-5/h6-15H,1-5H3. The number of carbonyl (C=O) groups excluding carboxylic acids is 1. The number of hydrogen-bond acceptors (Lipinski definition) is 4. The van der Waals surface area contributed by atoms with E-state index in [2.05, 4.69) is 6.07 Å². The average molecular weight is 379 g/mol. The molecule has 0 N–H and O–H groups in total. The van der Waals surface area contributed by atoms with Crippen molar-refractivity contribution in [2.75, 3.05) is 28.3 Å². The van der Waals surface area contributed by atoms with Crippen LogP contribution in [0.1, 0.15) is 6.92 Å². The number of rotatable bonds is 6. The summed E-state index contributed by atoms with van der Waals surface area (Å²) in [6.45, 7) is 1.76. The molecule has 0 spiro atoms. The first-order valence-corrected chi connectivity index (χ1v) is 9.07. The van der Waals surface area contributed by atoms with E-state index in [4.69, 9.17) is 14.2 Å². The minimum atomic E-state index is -0.609. The Morgan fingerprint density at radius 2 is 1.57 bits per heavy atom. The maximum atomic E-state index is 12.3. The molecule has 0 aromatic heterocycles. The predicted molar refractivity (Wildman–Crippen MR) is 111 cm³/mol. The van der Waals surface area contributed by atoms with E-state index >= 15 is 0 Å². The van der Waals surface area contributed by atoms with Crippen LogP contribution in [-0.2, 0) is 4.79 Å². The Labute approximate surface area is 165 Å². The van der Waals surface area contributed by atoms with Gasteiger partial charge in [0.05, 0.1) is 14.2 Å². The molecule has 146 valence electrons. The summed E-state index contributed by atoms with van der Waals surface area (Å²) in [6.07, 6.45) is -0.609. The van der Waals surface area contributed by atoms with Crippen LogP contribution < -0.4 is 14.2 Å². The zero-order chi connectivity index (χ0) is 20.3. The smallest absolute Gasteiger partial charge is 0.262 e. The second-order valence-electron chi connectivity index (χ2n) is 6.75. The third-order valence-corrected chi connectivity index (χ3v) is 4.62. The second-order valence-corrected chi connectivity index (χ2v) is 6.75. The van der Waals surface area contributed by atoms with Crippen molar-refractivity contribution in [1.29, 1.82) is 0 Å². The molecule has 1 amide bonds. The molecule has 0 radical (unpaired) electrons. The maximum Gasteiger partial charge on any atom is 0.262 e. The SMILES string of the molecule is COc1cc(OC)cc(-c2c(OC(C)C(=O)N(C)C)ccc3ccccc23)c1. The van der Waals surface area contributed by atoms with Gasteiger partial charge in [0.2, 0.25) is 0 Å². The number of carbonyl (C=O) groups is 1. The van der Waals surface area contributed by atoms with E-state index < -0.39 is 6.10 Å². The van der Waals surface area contributed by atoms with E-state index in [-0.39, 0.29) is 5.91 Å². The molecule has 0 bridgehead atoms. The fourth-order valence-corrected chi connectivity index (χ4v) is 3.20. The number of ether oxygens (including phenoxy) is 3. The summed E-state index contributed by atoms with van der Waals surface area (Å²) in [5.74, 6) is 1.91. The van der Waals surface area contributed by atoms with E-state index in [0.29, 0.717) is 17.2 Å². The highest BCUT2D eigenvalue weighted by molar-refractivity contribution is 6.00. The molecular weight excluding hydrogens is 354 g/mol. The summed E-state index contributed by atoms with van der Waals surface area (Å²) >= 11 is 0. The highest BCUT2D eigenvalue weighted by Crippen LogP contribution is 2.40. The highest BCUT2D eigenvalue weighted by atomic mass is 16.5. The summed E-state index contributed by atoms with van der Waals surface area (Å²) in [6, 6.07) is 17.7. The molecule has 1 atom stereocenters. The first kappa shape index (κ1) is 19.5. The number of methoxy groups -OCH3 is 2. The lowest BCUT2D eigenvalue weighted by Gasteiger charge is -2.21. The zero-order valence-electron chi connectivity index (χ0n) is 16.9. The highest BCUT2D eigenvalue weighted by Gasteiger charge is 2.20. The summed E-state index contributed by atoms with van der Waals surface area (Å²) < 4.78 is 17.0. The monoisotopic (exact) mass is 379 g/mol. The Morgan fingerprint density at radius 1 is 0.929 bits per heavy atom. The molecule has 0 saturated heterocycles. The summed E-state index contributed by atoms with van der Waals surface area (Å²) in [5.41, 5.74) is 1.79. The fraction of sp³-hybridized carbons (Fsp3) is 0.261. The predicted octanol–water partition coefficient (Wildman–Crippen LogP) is 4.38. The lowest BCUT2D eigenvalue weighted by molar-refractivity contribution is -0.135. The molecule has 0 aliphatic carbocycles. The van der Waals surface area contributed by atoms with Crippen LogP contribution >= 0.6 is 0 Å². The van der Waals surface area contributed by atoms with Crippen molar-refractivity contribution >= 4 is 16.7 Å². The van der Waals surface area contributed by atoms with Crippen LogP contribution in [0, 0.1) is 0 Å². The summed E-state index contributed by atoms with van der Waals surface area (Å²) in [4.78, 5) is 13.8.